The number of anilines is 2. The Bertz CT molecular complexity index is 748. The van der Waals surface area contributed by atoms with Gasteiger partial charge in [0, 0.05) is 11.3 Å². The molecule has 0 atom stereocenters. The maximum absolute atomic E-state index is 5.73. The van der Waals surface area contributed by atoms with Crippen molar-refractivity contribution in [3.05, 3.63) is 28.8 Å². The minimum absolute atomic E-state index is 0.267. The molecule has 0 aliphatic carbocycles. The van der Waals surface area contributed by atoms with Gasteiger partial charge in [0.25, 0.3) is 0 Å². The molecule has 104 valence electrons. The average molecular weight is 289 g/mol. The van der Waals surface area contributed by atoms with Crippen LogP contribution in [-0.4, -0.2) is 15.0 Å². The number of thiophene rings is 1. The molecule has 7 heteroatoms. The number of rotatable bonds is 4. The van der Waals surface area contributed by atoms with Crippen LogP contribution in [0.15, 0.2) is 16.7 Å². The summed E-state index contributed by atoms with van der Waals surface area (Å²) in [6, 6.07) is 2.05. The molecule has 0 radical (unpaired) electrons. The lowest BCUT2D eigenvalue weighted by atomic mass is 10.3. The van der Waals surface area contributed by atoms with Gasteiger partial charge in [0.1, 0.15) is 16.4 Å². The van der Waals surface area contributed by atoms with E-state index in [0.717, 1.165) is 22.4 Å². The molecular weight excluding hydrogens is 274 g/mol. The van der Waals surface area contributed by atoms with Gasteiger partial charge in [-0.3, -0.25) is 0 Å². The van der Waals surface area contributed by atoms with Crippen molar-refractivity contribution in [2.24, 2.45) is 0 Å². The minimum Gasteiger partial charge on any atom is -0.444 e. The molecular formula is C13H15N5OS. The predicted molar refractivity (Wildman–Crippen MR) is 79.8 cm³/mol. The van der Waals surface area contributed by atoms with Gasteiger partial charge in [-0.15, -0.1) is 11.3 Å². The third kappa shape index (κ3) is 2.44. The molecule has 6 nitrogen and oxygen atoms in total. The van der Waals surface area contributed by atoms with Gasteiger partial charge >= 0.3 is 0 Å². The van der Waals surface area contributed by atoms with Crippen LogP contribution in [0.4, 0.5) is 11.8 Å². The fourth-order valence-electron chi connectivity index (χ4n) is 1.95. The lowest BCUT2D eigenvalue weighted by Crippen LogP contribution is -2.04. The van der Waals surface area contributed by atoms with Crippen molar-refractivity contribution in [2.45, 2.75) is 26.8 Å². The van der Waals surface area contributed by atoms with E-state index in [-0.39, 0.29) is 5.95 Å². The molecule has 0 fully saturated rings. The first-order valence-corrected chi connectivity index (χ1v) is 7.18. The van der Waals surface area contributed by atoms with E-state index in [0.29, 0.717) is 18.3 Å². The second-order valence-corrected chi connectivity index (χ2v) is 5.67. The molecule has 20 heavy (non-hydrogen) atoms. The summed E-state index contributed by atoms with van der Waals surface area (Å²) < 4.78 is 5.56. The molecule has 0 unspecified atom stereocenters. The predicted octanol–water partition coefficient (Wildman–Crippen LogP) is 2.74. The summed E-state index contributed by atoms with van der Waals surface area (Å²) in [6.07, 6.45) is 2.58. The Hall–Kier alpha value is -2.15. The monoisotopic (exact) mass is 289 g/mol. The molecule has 3 rings (SSSR count). The van der Waals surface area contributed by atoms with E-state index < -0.39 is 0 Å². The molecule has 3 aromatic rings. The number of nitrogen functional groups attached to an aromatic ring is 1. The van der Waals surface area contributed by atoms with Gasteiger partial charge in [-0.1, -0.05) is 6.92 Å². The second kappa shape index (κ2) is 5.09. The van der Waals surface area contributed by atoms with Crippen LogP contribution in [-0.2, 0) is 13.0 Å². The van der Waals surface area contributed by atoms with Crippen molar-refractivity contribution in [2.75, 3.05) is 11.1 Å². The van der Waals surface area contributed by atoms with Crippen LogP contribution in [0.25, 0.3) is 10.2 Å². The van der Waals surface area contributed by atoms with Crippen molar-refractivity contribution in [1.82, 2.24) is 15.0 Å². The van der Waals surface area contributed by atoms with Gasteiger partial charge in [-0.2, -0.15) is 4.98 Å². The van der Waals surface area contributed by atoms with Gasteiger partial charge in [0.15, 0.2) is 0 Å². The summed E-state index contributed by atoms with van der Waals surface area (Å²) >= 11 is 1.60. The zero-order valence-electron chi connectivity index (χ0n) is 11.3. The molecule has 0 saturated heterocycles. The van der Waals surface area contributed by atoms with Crippen LogP contribution in [0.2, 0.25) is 0 Å². The highest BCUT2D eigenvalue weighted by Crippen LogP contribution is 2.29. The SMILES string of the molecule is CCc1cnc(CNc2nc(N)nc3sc(C)cc23)o1. The summed E-state index contributed by atoms with van der Waals surface area (Å²) in [4.78, 5) is 14.8. The summed E-state index contributed by atoms with van der Waals surface area (Å²) in [5, 5.41) is 4.19. The molecule has 0 aliphatic heterocycles. The summed E-state index contributed by atoms with van der Waals surface area (Å²) in [5.74, 6) is 2.50. The largest absolute Gasteiger partial charge is 0.444 e. The van der Waals surface area contributed by atoms with E-state index in [4.69, 9.17) is 10.2 Å². The molecule has 3 N–H and O–H groups in total. The van der Waals surface area contributed by atoms with E-state index in [9.17, 15) is 0 Å². The fourth-order valence-corrected chi connectivity index (χ4v) is 2.83. The first kappa shape index (κ1) is 12.9. The van der Waals surface area contributed by atoms with E-state index in [1.807, 2.05) is 13.8 Å². The lowest BCUT2D eigenvalue weighted by molar-refractivity contribution is 0.465. The van der Waals surface area contributed by atoms with Crippen LogP contribution < -0.4 is 11.1 Å². The van der Waals surface area contributed by atoms with Crippen molar-refractivity contribution in [1.29, 1.82) is 0 Å². The average Bonchev–Trinajstić information content (AvgIpc) is 3.01. The van der Waals surface area contributed by atoms with Crippen molar-refractivity contribution in [3.63, 3.8) is 0 Å². The highest BCUT2D eigenvalue weighted by atomic mass is 32.1. The Morgan fingerprint density at radius 2 is 2.25 bits per heavy atom. The molecule has 0 bridgehead atoms. The molecule has 0 aliphatic rings. The maximum atomic E-state index is 5.73. The first-order chi connectivity index (χ1) is 9.65. The maximum Gasteiger partial charge on any atom is 0.223 e. The number of hydrogen-bond donors (Lipinski definition) is 2. The van der Waals surface area contributed by atoms with Gasteiger partial charge in [0.05, 0.1) is 18.1 Å². The van der Waals surface area contributed by atoms with Crippen LogP contribution in [0.1, 0.15) is 23.5 Å². The number of nitrogens with two attached hydrogens (primary N) is 1. The van der Waals surface area contributed by atoms with Crippen molar-refractivity contribution >= 4 is 33.3 Å². The zero-order valence-corrected chi connectivity index (χ0v) is 12.1. The number of oxazole rings is 1. The van der Waals surface area contributed by atoms with E-state index in [1.54, 1.807) is 17.5 Å². The van der Waals surface area contributed by atoms with E-state index in [2.05, 4.69) is 26.3 Å². The van der Waals surface area contributed by atoms with E-state index in [1.165, 1.54) is 4.88 Å². The second-order valence-electron chi connectivity index (χ2n) is 4.43. The highest BCUT2D eigenvalue weighted by Gasteiger charge is 2.10. The summed E-state index contributed by atoms with van der Waals surface area (Å²) in [5.41, 5.74) is 5.73. The quantitative estimate of drug-likeness (QED) is 0.767. The number of hydrogen-bond acceptors (Lipinski definition) is 7. The molecule has 0 amide bonds. The van der Waals surface area contributed by atoms with Crippen LogP contribution >= 0.6 is 11.3 Å². The molecule has 0 spiro atoms. The summed E-state index contributed by atoms with van der Waals surface area (Å²) in [7, 11) is 0. The number of aromatic nitrogens is 3. The van der Waals surface area contributed by atoms with E-state index >= 15 is 0 Å². The normalized spacial score (nSPS) is 11.1. The van der Waals surface area contributed by atoms with Gasteiger partial charge < -0.3 is 15.5 Å². The van der Waals surface area contributed by atoms with Crippen LogP contribution in [0, 0.1) is 6.92 Å². The standard InChI is InChI=1S/C13H15N5OS/c1-3-8-5-15-10(19-8)6-16-11-9-4-7(2)20-12(9)18-13(14)17-11/h4-5H,3,6H2,1-2H3,(H3,14,16,17,18). The Kier molecular flexibility index (Phi) is 3.27. The zero-order chi connectivity index (χ0) is 14.1. The Balaban J connectivity index is 1.86. The number of aryl methyl sites for hydroxylation is 2. The molecule has 0 aromatic carbocycles. The number of nitrogens with zero attached hydrogens (tertiary/aromatic N) is 3. The smallest absolute Gasteiger partial charge is 0.223 e. The first-order valence-electron chi connectivity index (χ1n) is 6.37. The summed E-state index contributed by atoms with van der Waals surface area (Å²) in [6.45, 7) is 4.54. The topological polar surface area (TPSA) is 89.9 Å². The lowest BCUT2D eigenvalue weighted by Gasteiger charge is -2.05. The van der Waals surface area contributed by atoms with Gasteiger partial charge in [-0.25, -0.2) is 9.97 Å². The number of fused-ring (bicyclic) bond motifs is 1. The molecule has 3 heterocycles. The Labute approximate surface area is 120 Å². The minimum atomic E-state index is 0.267. The third-order valence-corrected chi connectivity index (χ3v) is 3.83. The Morgan fingerprint density at radius 1 is 1.40 bits per heavy atom. The van der Waals surface area contributed by atoms with Gasteiger partial charge in [-0.05, 0) is 13.0 Å². The van der Waals surface area contributed by atoms with Crippen molar-refractivity contribution < 1.29 is 4.42 Å². The van der Waals surface area contributed by atoms with Crippen LogP contribution in [0.3, 0.4) is 0 Å². The van der Waals surface area contributed by atoms with Gasteiger partial charge in [0.2, 0.25) is 11.8 Å². The van der Waals surface area contributed by atoms with Crippen LogP contribution in [0.5, 0.6) is 0 Å². The Morgan fingerprint density at radius 3 is 3.00 bits per heavy atom. The molecule has 0 saturated carbocycles. The molecule has 3 aromatic heterocycles. The third-order valence-electron chi connectivity index (χ3n) is 2.89. The fraction of sp³-hybridized carbons (Fsp3) is 0.308. The van der Waals surface area contributed by atoms with Crippen molar-refractivity contribution in [3.8, 4) is 0 Å². The highest BCUT2D eigenvalue weighted by molar-refractivity contribution is 7.18. The number of nitrogens with one attached hydrogen (secondary N) is 1.